The zero-order valence-corrected chi connectivity index (χ0v) is 12.5. The molecule has 1 aromatic rings. The van der Waals surface area contributed by atoms with Crippen LogP contribution in [0.4, 0.5) is 5.69 Å². The molecule has 0 saturated heterocycles. The van der Waals surface area contributed by atoms with E-state index in [1.54, 1.807) is 0 Å². The number of carbonyl (C=O) groups excluding carboxylic acids is 1. The number of rotatable bonds is 7. The van der Waals surface area contributed by atoms with Crippen LogP contribution in [-0.4, -0.2) is 40.5 Å². The number of non-ortho nitro benzene ring substituents is 1. The van der Waals surface area contributed by atoms with Crippen molar-refractivity contribution in [1.29, 1.82) is 0 Å². The molecule has 0 radical (unpaired) electrons. The third-order valence-corrected chi connectivity index (χ3v) is 3.10. The van der Waals surface area contributed by atoms with Crippen LogP contribution in [0.2, 0.25) is 0 Å². The summed E-state index contributed by atoms with van der Waals surface area (Å²) in [5.74, 6) is -0.665. The van der Waals surface area contributed by atoms with Gasteiger partial charge in [0.2, 0.25) is 0 Å². The molecule has 0 saturated carbocycles. The van der Waals surface area contributed by atoms with E-state index in [4.69, 9.17) is 27.9 Å². The Labute approximate surface area is 130 Å². The van der Waals surface area contributed by atoms with Gasteiger partial charge in [-0.15, -0.1) is 0 Å². The van der Waals surface area contributed by atoms with Crippen LogP contribution in [0.3, 0.4) is 0 Å². The van der Waals surface area contributed by atoms with Crippen molar-refractivity contribution in [3.63, 3.8) is 0 Å². The number of amides is 1. The maximum Gasteiger partial charge on any atom is 0.269 e. The van der Waals surface area contributed by atoms with Gasteiger partial charge in [-0.1, -0.05) is 23.2 Å². The molecule has 2 unspecified atom stereocenters. The van der Waals surface area contributed by atoms with E-state index in [-0.39, 0.29) is 12.3 Å². The monoisotopic (exact) mass is 336 g/mol. The Hall–Kier alpha value is -1.41. The zero-order valence-electron chi connectivity index (χ0n) is 11.0. The first-order valence-corrected chi connectivity index (χ1v) is 6.74. The number of carbonyl (C=O) groups is 1. The summed E-state index contributed by atoms with van der Waals surface area (Å²) in [5.41, 5.74) is 0.295. The van der Waals surface area contributed by atoms with Crippen LogP contribution < -0.4 is 5.32 Å². The van der Waals surface area contributed by atoms with E-state index in [1.165, 1.54) is 31.4 Å². The first kappa shape index (κ1) is 17.6. The van der Waals surface area contributed by atoms with Gasteiger partial charge in [0.05, 0.1) is 17.6 Å². The van der Waals surface area contributed by atoms with Gasteiger partial charge in [0.25, 0.3) is 11.6 Å². The fourth-order valence-corrected chi connectivity index (χ4v) is 1.79. The summed E-state index contributed by atoms with van der Waals surface area (Å²) in [6.45, 7) is 0.0182. The first-order chi connectivity index (χ1) is 9.86. The van der Waals surface area contributed by atoms with Crippen molar-refractivity contribution in [2.75, 3.05) is 13.7 Å². The standard InChI is InChI=1S/C12H14Cl2N2O5/c1-21-6-9(15-12(18)11(13)14)10(17)7-2-4-8(5-3-7)16(19)20/h2-5,9-11,17H,6H2,1H3,(H,15,18). The second-order valence-corrected chi connectivity index (χ2v) is 5.26. The number of ether oxygens (including phenoxy) is 1. The van der Waals surface area contributed by atoms with E-state index in [2.05, 4.69) is 5.32 Å². The molecular formula is C12H14Cl2N2O5. The number of aliphatic hydroxyl groups is 1. The zero-order chi connectivity index (χ0) is 16.0. The van der Waals surface area contributed by atoms with Gasteiger partial charge in [0.1, 0.15) is 6.10 Å². The van der Waals surface area contributed by atoms with Gasteiger partial charge in [-0.25, -0.2) is 0 Å². The summed E-state index contributed by atoms with van der Waals surface area (Å²) in [6.07, 6.45) is -1.12. The van der Waals surface area contributed by atoms with Gasteiger partial charge < -0.3 is 15.2 Å². The maximum absolute atomic E-state index is 11.5. The average molecular weight is 337 g/mol. The summed E-state index contributed by atoms with van der Waals surface area (Å²) in [7, 11) is 1.40. The van der Waals surface area contributed by atoms with Gasteiger partial charge in [-0.2, -0.15) is 0 Å². The normalized spacial score (nSPS) is 13.8. The molecule has 0 aliphatic heterocycles. The topological polar surface area (TPSA) is 102 Å². The molecule has 0 aliphatic rings. The van der Waals surface area contributed by atoms with Crippen molar-refractivity contribution in [2.45, 2.75) is 17.0 Å². The number of hydrogen-bond donors (Lipinski definition) is 2. The molecule has 2 atom stereocenters. The highest BCUT2D eigenvalue weighted by atomic mass is 35.5. The Kier molecular flexibility index (Phi) is 6.83. The molecule has 2 N–H and O–H groups in total. The SMILES string of the molecule is COCC(NC(=O)C(Cl)Cl)C(O)c1ccc([N+](=O)[O-])cc1. The van der Waals surface area contributed by atoms with E-state index in [9.17, 15) is 20.0 Å². The number of nitrogens with zero attached hydrogens (tertiary/aromatic N) is 1. The lowest BCUT2D eigenvalue weighted by molar-refractivity contribution is -0.384. The minimum Gasteiger partial charge on any atom is -0.386 e. The Morgan fingerprint density at radius 3 is 2.43 bits per heavy atom. The van der Waals surface area contributed by atoms with Crippen LogP contribution >= 0.6 is 23.2 Å². The van der Waals surface area contributed by atoms with Crippen molar-refractivity contribution >= 4 is 34.8 Å². The smallest absolute Gasteiger partial charge is 0.269 e. The molecule has 116 valence electrons. The van der Waals surface area contributed by atoms with Crippen molar-refractivity contribution < 1.29 is 19.6 Å². The fourth-order valence-electron chi connectivity index (χ4n) is 1.66. The molecule has 0 fully saturated rings. The second kappa shape index (κ2) is 8.14. The van der Waals surface area contributed by atoms with E-state index in [0.29, 0.717) is 5.56 Å². The van der Waals surface area contributed by atoms with E-state index >= 15 is 0 Å². The Balaban J connectivity index is 2.86. The largest absolute Gasteiger partial charge is 0.386 e. The molecule has 21 heavy (non-hydrogen) atoms. The van der Waals surface area contributed by atoms with Crippen molar-refractivity contribution in [1.82, 2.24) is 5.32 Å². The summed E-state index contributed by atoms with van der Waals surface area (Å²) in [4.78, 5) is 20.2. The Morgan fingerprint density at radius 2 is 2.00 bits per heavy atom. The van der Waals surface area contributed by atoms with Crippen LogP contribution in [0.15, 0.2) is 24.3 Å². The molecule has 0 aromatic heterocycles. The van der Waals surface area contributed by atoms with Crippen LogP contribution in [0.5, 0.6) is 0 Å². The Bertz CT molecular complexity index is 495. The lowest BCUT2D eigenvalue weighted by Gasteiger charge is -2.24. The third-order valence-electron chi connectivity index (χ3n) is 2.70. The maximum atomic E-state index is 11.5. The minimum atomic E-state index is -1.27. The van der Waals surface area contributed by atoms with E-state index < -0.39 is 27.8 Å². The Morgan fingerprint density at radius 1 is 1.43 bits per heavy atom. The predicted molar refractivity (Wildman–Crippen MR) is 77.4 cm³/mol. The molecule has 0 aliphatic carbocycles. The number of halogens is 2. The van der Waals surface area contributed by atoms with Gasteiger partial charge in [0.15, 0.2) is 4.84 Å². The molecule has 1 aromatic carbocycles. The summed E-state index contributed by atoms with van der Waals surface area (Å²) in [5, 5.41) is 23.2. The predicted octanol–water partition coefficient (Wildman–Crippen LogP) is 1.56. The van der Waals surface area contributed by atoms with E-state index in [0.717, 1.165) is 0 Å². The van der Waals surface area contributed by atoms with Gasteiger partial charge in [-0.05, 0) is 17.7 Å². The molecular weight excluding hydrogens is 323 g/mol. The van der Waals surface area contributed by atoms with Crippen LogP contribution in [-0.2, 0) is 9.53 Å². The van der Waals surface area contributed by atoms with Gasteiger partial charge >= 0.3 is 0 Å². The molecule has 0 heterocycles. The average Bonchev–Trinajstić information content (AvgIpc) is 2.45. The van der Waals surface area contributed by atoms with Crippen LogP contribution in [0.25, 0.3) is 0 Å². The van der Waals surface area contributed by atoms with Crippen LogP contribution in [0, 0.1) is 10.1 Å². The van der Waals surface area contributed by atoms with Crippen molar-refractivity contribution in [2.24, 2.45) is 0 Å². The molecule has 7 nitrogen and oxygen atoms in total. The molecule has 0 spiro atoms. The number of hydrogen-bond acceptors (Lipinski definition) is 5. The number of aliphatic hydroxyl groups excluding tert-OH is 1. The van der Waals surface area contributed by atoms with Crippen LogP contribution in [0.1, 0.15) is 11.7 Å². The summed E-state index contributed by atoms with van der Waals surface area (Å²) in [6, 6.07) is 4.53. The lowest BCUT2D eigenvalue weighted by Crippen LogP contribution is -2.44. The number of benzene rings is 1. The highest BCUT2D eigenvalue weighted by Crippen LogP contribution is 2.21. The summed E-state index contributed by atoms with van der Waals surface area (Å²) < 4.78 is 4.92. The number of nitro groups is 1. The third kappa shape index (κ3) is 5.13. The highest BCUT2D eigenvalue weighted by molar-refractivity contribution is 6.53. The number of nitro benzene ring substituents is 1. The molecule has 1 rings (SSSR count). The van der Waals surface area contributed by atoms with Crippen molar-refractivity contribution in [3.8, 4) is 0 Å². The molecule has 0 bridgehead atoms. The second-order valence-electron chi connectivity index (χ2n) is 4.16. The number of nitrogens with one attached hydrogen (secondary N) is 1. The quantitative estimate of drug-likeness (QED) is 0.447. The number of methoxy groups -OCH3 is 1. The highest BCUT2D eigenvalue weighted by Gasteiger charge is 2.25. The van der Waals surface area contributed by atoms with E-state index in [1.807, 2.05) is 0 Å². The van der Waals surface area contributed by atoms with Gasteiger partial charge in [0, 0.05) is 19.2 Å². The molecule has 1 amide bonds. The fraction of sp³-hybridized carbons (Fsp3) is 0.417. The number of alkyl halides is 2. The lowest BCUT2D eigenvalue weighted by atomic mass is 10.0. The van der Waals surface area contributed by atoms with Crippen molar-refractivity contribution in [3.05, 3.63) is 39.9 Å². The summed E-state index contributed by atoms with van der Waals surface area (Å²) >= 11 is 10.9. The van der Waals surface area contributed by atoms with Gasteiger partial charge in [-0.3, -0.25) is 14.9 Å². The molecule has 9 heteroatoms. The first-order valence-electron chi connectivity index (χ1n) is 5.86. The minimum absolute atomic E-state index is 0.0182.